The van der Waals surface area contributed by atoms with E-state index in [1.54, 1.807) is 11.3 Å². The van der Waals surface area contributed by atoms with E-state index in [1.807, 2.05) is 30.7 Å². The fourth-order valence-corrected chi connectivity index (χ4v) is 4.42. The molecule has 3 aromatic heterocycles. The Labute approximate surface area is 172 Å². The number of fused-ring (bicyclic) bond motifs is 2. The van der Waals surface area contributed by atoms with Gasteiger partial charge < -0.3 is 16.0 Å². The predicted molar refractivity (Wildman–Crippen MR) is 121 cm³/mol. The molecule has 0 bridgehead atoms. The molecule has 0 radical (unpaired) electrons. The van der Waals surface area contributed by atoms with E-state index < -0.39 is 0 Å². The summed E-state index contributed by atoms with van der Waals surface area (Å²) < 4.78 is 0. The summed E-state index contributed by atoms with van der Waals surface area (Å²) in [6.45, 7) is 0.676. The van der Waals surface area contributed by atoms with Crippen molar-refractivity contribution in [2.45, 2.75) is 12.5 Å². The number of nitrogens with two attached hydrogens (primary N) is 1. The zero-order chi connectivity index (χ0) is 19.6. The number of nitrogens with zero attached hydrogens (tertiary/aromatic N) is 2. The molecule has 0 aliphatic carbocycles. The van der Waals surface area contributed by atoms with Crippen molar-refractivity contribution in [1.82, 2.24) is 15.0 Å². The number of thiazole rings is 1. The van der Waals surface area contributed by atoms with E-state index in [2.05, 4.69) is 62.9 Å². The Balaban J connectivity index is 1.25. The van der Waals surface area contributed by atoms with Gasteiger partial charge in [-0.3, -0.25) is 4.98 Å². The molecule has 0 saturated heterocycles. The van der Waals surface area contributed by atoms with Gasteiger partial charge in [0.15, 0.2) is 5.13 Å². The SMILES string of the molecule is NC(CNc1ncc(-c2ccc3cnccc3c2)s1)Cc1c[nH]c2ccccc12. The second kappa shape index (κ2) is 7.66. The van der Waals surface area contributed by atoms with Gasteiger partial charge in [-0.1, -0.05) is 41.7 Å². The maximum Gasteiger partial charge on any atom is 0.183 e. The van der Waals surface area contributed by atoms with Crippen LogP contribution in [0, 0.1) is 0 Å². The highest BCUT2D eigenvalue weighted by atomic mass is 32.1. The van der Waals surface area contributed by atoms with Gasteiger partial charge in [-0.15, -0.1) is 0 Å². The Morgan fingerprint density at radius 3 is 2.97 bits per heavy atom. The molecule has 1 unspecified atom stereocenters. The first-order chi connectivity index (χ1) is 14.3. The minimum absolute atomic E-state index is 0.00900. The van der Waals surface area contributed by atoms with Crippen molar-refractivity contribution in [3.05, 3.63) is 78.9 Å². The Hall–Kier alpha value is -3.22. The number of rotatable bonds is 6. The number of anilines is 1. The number of hydrogen-bond acceptors (Lipinski definition) is 5. The molecule has 5 aromatic rings. The molecule has 0 spiro atoms. The quantitative estimate of drug-likeness (QED) is 0.382. The van der Waals surface area contributed by atoms with Gasteiger partial charge in [-0.25, -0.2) is 4.98 Å². The maximum absolute atomic E-state index is 6.38. The first kappa shape index (κ1) is 17.8. The van der Waals surface area contributed by atoms with Crippen LogP contribution in [-0.4, -0.2) is 27.5 Å². The Kier molecular flexibility index (Phi) is 4.71. The standard InChI is InChI=1S/C23H21N5S/c24-19(10-18-12-26-21-4-2-1-3-20(18)21)13-27-23-28-14-22(29-23)16-5-6-17-11-25-8-7-15(17)9-16/h1-9,11-12,14,19,26H,10,13,24H2,(H,27,28). The van der Waals surface area contributed by atoms with Gasteiger partial charge in [0, 0.05) is 53.7 Å². The van der Waals surface area contributed by atoms with E-state index in [9.17, 15) is 0 Å². The average Bonchev–Trinajstić information content (AvgIpc) is 3.40. The molecule has 3 heterocycles. The maximum atomic E-state index is 6.38. The van der Waals surface area contributed by atoms with Gasteiger partial charge in [0.25, 0.3) is 0 Å². The predicted octanol–water partition coefficient (Wildman–Crippen LogP) is 4.82. The van der Waals surface area contributed by atoms with E-state index in [4.69, 9.17) is 5.73 Å². The zero-order valence-electron chi connectivity index (χ0n) is 15.8. The third kappa shape index (κ3) is 3.72. The van der Waals surface area contributed by atoms with Crippen molar-refractivity contribution in [1.29, 1.82) is 0 Å². The molecule has 4 N–H and O–H groups in total. The lowest BCUT2D eigenvalue weighted by molar-refractivity contribution is 0.702. The number of nitrogens with one attached hydrogen (secondary N) is 2. The fourth-order valence-electron chi connectivity index (χ4n) is 3.60. The molecule has 0 amide bonds. The second-order valence-electron chi connectivity index (χ2n) is 7.17. The summed E-state index contributed by atoms with van der Waals surface area (Å²) in [5.74, 6) is 0. The third-order valence-electron chi connectivity index (χ3n) is 5.10. The minimum Gasteiger partial charge on any atom is -0.361 e. The van der Waals surface area contributed by atoms with Crippen LogP contribution in [0.4, 0.5) is 5.13 Å². The first-order valence-electron chi connectivity index (χ1n) is 9.61. The number of para-hydroxylation sites is 1. The lowest BCUT2D eigenvalue weighted by Gasteiger charge is -2.11. The second-order valence-corrected chi connectivity index (χ2v) is 8.20. The van der Waals surface area contributed by atoms with E-state index in [1.165, 1.54) is 16.3 Å². The summed E-state index contributed by atoms with van der Waals surface area (Å²) >= 11 is 1.65. The molecule has 2 aromatic carbocycles. The lowest BCUT2D eigenvalue weighted by Crippen LogP contribution is -2.31. The van der Waals surface area contributed by atoms with Crippen LogP contribution < -0.4 is 11.1 Å². The average molecular weight is 400 g/mol. The van der Waals surface area contributed by atoms with Crippen LogP contribution in [0.25, 0.3) is 32.1 Å². The van der Waals surface area contributed by atoms with Gasteiger partial charge in [0.2, 0.25) is 0 Å². The van der Waals surface area contributed by atoms with E-state index >= 15 is 0 Å². The number of aromatic nitrogens is 3. The zero-order valence-corrected chi connectivity index (χ0v) is 16.6. The van der Waals surface area contributed by atoms with Crippen molar-refractivity contribution in [2.24, 2.45) is 5.73 Å². The van der Waals surface area contributed by atoms with Crippen LogP contribution in [-0.2, 0) is 6.42 Å². The molecule has 0 aliphatic heterocycles. The first-order valence-corrected chi connectivity index (χ1v) is 10.4. The van der Waals surface area contributed by atoms with Crippen molar-refractivity contribution >= 4 is 38.1 Å². The van der Waals surface area contributed by atoms with E-state index in [-0.39, 0.29) is 6.04 Å². The number of H-pyrrole nitrogens is 1. The minimum atomic E-state index is 0.00900. The summed E-state index contributed by atoms with van der Waals surface area (Å²) in [6.07, 6.45) is 8.49. The van der Waals surface area contributed by atoms with Crippen molar-refractivity contribution in [3.63, 3.8) is 0 Å². The van der Waals surface area contributed by atoms with Crippen LogP contribution in [0.2, 0.25) is 0 Å². The van der Waals surface area contributed by atoms with Gasteiger partial charge in [-0.2, -0.15) is 0 Å². The van der Waals surface area contributed by atoms with Gasteiger partial charge >= 0.3 is 0 Å². The van der Waals surface area contributed by atoms with Crippen LogP contribution in [0.3, 0.4) is 0 Å². The van der Waals surface area contributed by atoms with Crippen LogP contribution in [0.5, 0.6) is 0 Å². The summed E-state index contributed by atoms with van der Waals surface area (Å²) in [7, 11) is 0. The normalized spacial score (nSPS) is 12.4. The fraction of sp³-hybridized carbons (Fsp3) is 0.130. The smallest absolute Gasteiger partial charge is 0.183 e. The van der Waals surface area contributed by atoms with Gasteiger partial charge in [-0.05, 0) is 41.1 Å². The monoisotopic (exact) mass is 399 g/mol. The van der Waals surface area contributed by atoms with E-state index in [0.29, 0.717) is 6.54 Å². The molecule has 5 rings (SSSR count). The molecule has 0 saturated carbocycles. The highest BCUT2D eigenvalue weighted by molar-refractivity contribution is 7.18. The number of hydrogen-bond donors (Lipinski definition) is 3. The number of benzene rings is 2. The molecule has 29 heavy (non-hydrogen) atoms. The summed E-state index contributed by atoms with van der Waals surface area (Å²) in [4.78, 5) is 13.1. The molecule has 5 nitrogen and oxygen atoms in total. The van der Waals surface area contributed by atoms with Crippen LogP contribution >= 0.6 is 11.3 Å². The highest BCUT2D eigenvalue weighted by Gasteiger charge is 2.10. The summed E-state index contributed by atoms with van der Waals surface area (Å²) in [5.41, 5.74) is 9.94. The highest BCUT2D eigenvalue weighted by Crippen LogP contribution is 2.31. The summed E-state index contributed by atoms with van der Waals surface area (Å²) in [5, 5.41) is 7.85. The topological polar surface area (TPSA) is 79.6 Å². The van der Waals surface area contributed by atoms with Crippen molar-refractivity contribution in [2.75, 3.05) is 11.9 Å². The molecule has 0 fully saturated rings. The van der Waals surface area contributed by atoms with Crippen molar-refractivity contribution < 1.29 is 0 Å². The largest absolute Gasteiger partial charge is 0.361 e. The van der Waals surface area contributed by atoms with Crippen LogP contribution in [0.15, 0.2) is 73.3 Å². The number of pyridine rings is 1. The molecule has 0 aliphatic rings. The Morgan fingerprint density at radius 2 is 2.00 bits per heavy atom. The Bertz CT molecular complexity index is 1270. The molecular formula is C23H21N5S. The molecule has 6 heteroatoms. The van der Waals surface area contributed by atoms with E-state index in [0.717, 1.165) is 32.9 Å². The van der Waals surface area contributed by atoms with Gasteiger partial charge in [0.1, 0.15) is 0 Å². The van der Waals surface area contributed by atoms with Crippen molar-refractivity contribution in [3.8, 4) is 10.4 Å². The summed E-state index contributed by atoms with van der Waals surface area (Å²) in [6, 6.07) is 16.7. The van der Waals surface area contributed by atoms with Gasteiger partial charge in [0.05, 0.1) is 4.88 Å². The molecule has 1 atom stereocenters. The third-order valence-corrected chi connectivity index (χ3v) is 6.11. The lowest BCUT2D eigenvalue weighted by atomic mass is 10.1. The van der Waals surface area contributed by atoms with Crippen LogP contribution in [0.1, 0.15) is 5.56 Å². The number of aromatic amines is 1. The molecular weight excluding hydrogens is 378 g/mol. The molecule has 144 valence electrons. The Morgan fingerprint density at radius 1 is 1.07 bits per heavy atom.